The van der Waals surface area contributed by atoms with Crippen molar-refractivity contribution in [3.05, 3.63) is 23.4 Å². The molecular formula is C12H18F3N3. The van der Waals surface area contributed by atoms with Gasteiger partial charge in [0.2, 0.25) is 0 Å². The molecule has 0 spiro atoms. The lowest BCUT2D eigenvalue weighted by molar-refractivity contribution is -0.119. The first-order chi connectivity index (χ1) is 8.39. The van der Waals surface area contributed by atoms with Crippen LogP contribution in [0.4, 0.5) is 19.0 Å². The van der Waals surface area contributed by atoms with E-state index in [4.69, 9.17) is 5.73 Å². The molecule has 1 heterocycles. The molecule has 18 heavy (non-hydrogen) atoms. The van der Waals surface area contributed by atoms with Gasteiger partial charge in [-0.15, -0.1) is 0 Å². The summed E-state index contributed by atoms with van der Waals surface area (Å²) in [4.78, 5) is 5.43. The molecule has 0 aliphatic carbocycles. The summed E-state index contributed by atoms with van der Waals surface area (Å²) in [6, 6.07) is 3.44. The van der Waals surface area contributed by atoms with Crippen LogP contribution in [-0.4, -0.2) is 24.2 Å². The summed E-state index contributed by atoms with van der Waals surface area (Å²) in [6.07, 6.45) is -3.56. The second-order valence-electron chi connectivity index (χ2n) is 4.01. The molecule has 6 heteroatoms. The van der Waals surface area contributed by atoms with E-state index in [1.807, 2.05) is 13.0 Å². The van der Waals surface area contributed by atoms with Gasteiger partial charge < -0.3 is 10.6 Å². The monoisotopic (exact) mass is 261 g/mol. The Labute approximate surface area is 105 Å². The predicted molar refractivity (Wildman–Crippen MR) is 65.4 cm³/mol. The van der Waals surface area contributed by atoms with Crippen molar-refractivity contribution in [2.24, 2.45) is 5.73 Å². The fraction of sp³-hybridized carbons (Fsp3) is 0.583. The zero-order valence-electron chi connectivity index (χ0n) is 10.6. The molecule has 2 N–H and O–H groups in total. The zero-order valence-corrected chi connectivity index (χ0v) is 10.6. The normalized spacial score (nSPS) is 11.7. The number of anilines is 1. The second-order valence-corrected chi connectivity index (χ2v) is 4.01. The van der Waals surface area contributed by atoms with Gasteiger partial charge in [0.05, 0.1) is 0 Å². The van der Waals surface area contributed by atoms with Crippen LogP contribution < -0.4 is 10.6 Å². The standard InChI is InChI=1S/C12H18F3N3/c1-3-10-5-9(7-16)6-11(17-10)18(4-2)8-12(13,14)15/h5-6H,3-4,7-8,16H2,1-2H3. The molecule has 3 nitrogen and oxygen atoms in total. The minimum Gasteiger partial charge on any atom is -0.348 e. The highest BCUT2D eigenvalue weighted by Crippen LogP contribution is 2.22. The van der Waals surface area contributed by atoms with Gasteiger partial charge in [0.15, 0.2) is 0 Å². The van der Waals surface area contributed by atoms with Crippen molar-refractivity contribution >= 4 is 5.82 Å². The molecule has 0 amide bonds. The van der Waals surface area contributed by atoms with Crippen molar-refractivity contribution in [1.82, 2.24) is 4.98 Å². The molecule has 1 aromatic rings. The molecule has 0 aliphatic heterocycles. The Morgan fingerprint density at radius 1 is 1.28 bits per heavy atom. The van der Waals surface area contributed by atoms with Gasteiger partial charge in [0.1, 0.15) is 12.4 Å². The second kappa shape index (κ2) is 6.04. The SMILES string of the molecule is CCc1cc(CN)cc(N(CC)CC(F)(F)F)n1. The maximum Gasteiger partial charge on any atom is 0.405 e. The third-order valence-corrected chi connectivity index (χ3v) is 2.60. The quantitative estimate of drug-likeness (QED) is 0.885. The van der Waals surface area contributed by atoms with Crippen molar-refractivity contribution in [1.29, 1.82) is 0 Å². The van der Waals surface area contributed by atoms with Crippen LogP contribution in [0.3, 0.4) is 0 Å². The largest absolute Gasteiger partial charge is 0.405 e. The lowest BCUT2D eigenvalue weighted by atomic mass is 10.2. The highest BCUT2D eigenvalue weighted by molar-refractivity contribution is 5.43. The number of aromatic nitrogens is 1. The van der Waals surface area contributed by atoms with E-state index in [-0.39, 0.29) is 6.54 Å². The number of nitrogens with zero attached hydrogens (tertiary/aromatic N) is 2. The minimum atomic E-state index is -4.23. The van der Waals surface area contributed by atoms with Crippen molar-refractivity contribution in [2.75, 3.05) is 18.0 Å². The Bertz CT molecular complexity index is 368. The maximum absolute atomic E-state index is 12.4. The first-order valence-corrected chi connectivity index (χ1v) is 5.91. The smallest absolute Gasteiger partial charge is 0.348 e. The molecule has 0 radical (unpaired) electrons. The summed E-state index contributed by atoms with van der Waals surface area (Å²) in [5.41, 5.74) is 7.10. The zero-order chi connectivity index (χ0) is 13.8. The fourth-order valence-corrected chi connectivity index (χ4v) is 1.67. The summed E-state index contributed by atoms with van der Waals surface area (Å²) >= 11 is 0. The van der Waals surface area contributed by atoms with Gasteiger partial charge in [-0.05, 0) is 31.0 Å². The molecule has 102 valence electrons. The first kappa shape index (κ1) is 14.8. The average molecular weight is 261 g/mol. The number of pyridine rings is 1. The highest BCUT2D eigenvalue weighted by Gasteiger charge is 2.30. The fourth-order valence-electron chi connectivity index (χ4n) is 1.67. The first-order valence-electron chi connectivity index (χ1n) is 5.91. The van der Waals surface area contributed by atoms with Gasteiger partial charge in [0, 0.05) is 18.8 Å². The summed E-state index contributed by atoms with van der Waals surface area (Å²) < 4.78 is 37.3. The summed E-state index contributed by atoms with van der Waals surface area (Å²) in [7, 11) is 0. The summed E-state index contributed by atoms with van der Waals surface area (Å²) in [5.74, 6) is 0.342. The van der Waals surface area contributed by atoms with E-state index in [2.05, 4.69) is 4.98 Å². The maximum atomic E-state index is 12.4. The van der Waals surface area contributed by atoms with E-state index in [1.165, 1.54) is 4.90 Å². The molecule has 0 atom stereocenters. The number of hydrogen-bond donors (Lipinski definition) is 1. The molecule has 0 fully saturated rings. The van der Waals surface area contributed by atoms with Gasteiger partial charge in [-0.25, -0.2) is 4.98 Å². The van der Waals surface area contributed by atoms with Crippen molar-refractivity contribution in [3.63, 3.8) is 0 Å². The van der Waals surface area contributed by atoms with Gasteiger partial charge in [-0.1, -0.05) is 6.92 Å². The Hall–Kier alpha value is -1.30. The Morgan fingerprint density at radius 3 is 2.39 bits per heavy atom. The van der Waals surface area contributed by atoms with Gasteiger partial charge in [-0.2, -0.15) is 13.2 Å². The van der Waals surface area contributed by atoms with Crippen LogP contribution in [0.2, 0.25) is 0 Å². The highest BCUT2D eigenvalue weighted by atomic mass is 19.4. The topological polar surface area (TPSA) is 42.1 Å². The summed E-state index contributed by atoms with van der Waals surface area (Å²) in [6.45, 7) is 3.14. The Morgan fingerprint density at radius 2 is 1.94 bits per heavy atom. The van der Waals surface area contributed by atoms with Crippen molar-refractivity contribution < 1.29 is 13.2 Å². The van der Waals surface area contributed by atoms with Gasteiger partial charge >= 0.3 is 6.18 Å². The van der Waals surface area contributed by atoms with Crippen LogP contribution in [0.1, 0.15) is 25.1 Å². The Kier molecular flexibility index (Phi) is 4.95. The van der Waals surface area contributed by atoms with E-state index < -0.39 is 12.7 Å². The average Bonchev–Trinajstić information content (AvgIpc) is 2.34. The van der Waals surface area contributed by atoms with Crippen molar-refractivity contribution in [3.8, 4) is 0 Å². The molecule has 0 aliphatic rings. The molecule has 0 saturated heterocycles. The summed E-state index contributed by atoms with van der Waals surface area (Å²) in [5, 5.41) is 0. The lowest BCUT2D eigenvalue weighted by Gasteiger charge is -2.24. The number of halogens is 3. The molecule has 0 unspecified atom stereocenters. The number of hydrogen-bond acceptors (Lipinski definition) is 3. The van der Waals surface area contributed by atoms with E-state index in [1.54, 1.807) is 13.0 Å². The third kappa shape index (κ3) is 4.18. The molecule has 0 bridgehead atoms. The Balaban J connectivity index is 3.04. The van der Waals surface area contributed by atoms with E-state index in [0.29, 0.717) is 18.8 Å². The van der Waals surface area contributed by atoms with Crippen LogP contribution in [0.25, 0.3) is 0 Å². The number of nitrogens with two attached hydrogens (primary N) is 1. The molecule has 1 aromatic heterocycles. The number of alkyl halides is 3. The van der Waals surface area contributed by atoms with Crippen LogP contribution in [0, 0.1) is 0 Å². The van der Waals surface area contributed by atoms with E-state index in [0.717, 1.165) is 11.3 Å². The van der Waals surface area contributed by atoms with Crippen LogP contribution in [-0.2, 0) is 13.0 Å². The molecule has 0 saturated carbocycles. The van der Waals surface area contributed by atoms with Crippen LogP contribution in [0.15, 0.2) is 12.1 Å². The van der Waals surface area contributed by atoms with Crippen molar-refractivity contribution in [2.45, 2.75) is 33.0 Å². The third-order valence-electron chi connectivity index (χ3n) is 2.60. The van der Waals surface area contributed by atoms with E-state index >= 15 is 0 Å². The van der Waals surface area contributed by atoms with Crippen LogP contribution in [0.5, 0.6) is 0 Å². The lowest BCUT2D eigenvalue weighted by Crippen LogP contribution is -2.34. The van der Waals surface area contributed by atoms with Gasteiger partial charge in [-0.3, -0.25) is 0 Å². The minimum absolute atomic E-state index is 0.254. The number of rotatable bonds is 5. The molecule has 1 rings (SSSR count). The van der Waals surface area contributed by atoms with E-state index in [9.17, 15) is 13.2 Å². The van der Waals surface area contributed by atoms with Gasteiger partial charge in [0.25, 0.3) is 0 Å². The van der Waals surface area contributed by atoms with Crippen LogP contribution >= 0.6 is 0 Å². The molecule has 0 aromatic carbocycles. The molecular weight excluding hydrogens is 243 g/mol. The predicted octanol–water partition coefficient (Wildman–Crippen LogP) is 2.49. The number of aryl methyl sites for hydroxylation is 1.